The Bertz CT molecular complexity index is 366. The number of benzene rings is 1. The molecule has 1 atom stereocenters. The van der Waals surface area contributed by atoms with Crippen LogP contribution in [-0.2, 0) is 9.30 Å². The van der Waals surface area contributed by atoms with Gasteiger partial charge in [0.05, 0.1) is 7.11 Å². The largest absolute Gasteiger partial charge is 0.684 e. The van der Waals surface area contributed by atoms with Gasteiger partial charge in [0.1, 0.15) is 0 Å². The maximum Gasteiger partial charge on any atom is 0.684 e. The fraction of sp³-hybridized carbons (Fsp3) is 0.125. The molecule has 0 amide bonds. The summed E-state index contributed by atoms with van der Waals surface area (Å²) in [5.74, 6) is -0.918. The Kier molecular flexibility index (Phi) is 3.54. The van der Waals surface area contributed by atoms with Gasteiger partial charge in [-0.1, -0.05) is 12.1 Å². The van der Waals surface area contributed by atoms with E-state index in [0.29, 0.717) is 0 Å². The summed E-state index contributed by atoms with van der Waals surface area (Å²) >= 11 is 0. The molecule has 1 aromatic rings. The van der Waals surface area contributed by atoms with Crippen molar-refractivity contribution in [2.24, 2.45) is 0 Å². The van der Waals surface area contributed by atoms with Gasteiger partial charge in [-0.3, -0.25) is 0 Å². The smallest absolute Gasteiger partial charge is 0.428 e. The highest BCUT2D eigenvalue weighted by molar-refractivity contribution is 7.58. The molecular weight excluding hydrogens is 210 g/mol. The zero-order valence-electron chi connectivity index (χ0n) is 7.27. The highest BCUT2D eigenvalue weighted by Crippen LogP contribution is 2.30. The molecule has 6 heteroatoms. The lowest BCUT2D eigenvalue weighted by molar-refractivity contribution is 0.195. The number of carbonyl (C=O) groups excluding carboxylic acids is 1. The average Bonchev–Trinajstić information content (AvgIpc) is 2.20. The van der Waals surface area contributed by atoms with Crippen LogP contribution >= 0.6 is 8.03 Å². The molecule has 1 rings (SSSR count). The van der Waals surface area contributed by atoms with Crippen molar-refractivity contribution in [2.45, 2.75) is 0 Å². The quantitative estimate of drug-likeness (QED) is 0.730. The van der Waals surface area contributed by atoms with E-state index in [1.54, 1.807) is 0 Å². The molecule has 0 bridgehead atoms. The van der Waals surface area contributed by atoms with Crippen LogP contribution in [0.2, 0.25) is 0 Å². The number of hydrogen-bond donors (Lipinski definition) is 0. The minimum atomic E-state index is -2.69. The van der Waals surface area contributed by atoms with Crippen molar-refractivity contribution in [3.8, 4) is 5.75 Å². The number of hydrogen-bond acceptors (Lipinski definition) is 4. The maximum absolute atomic E-state index is 12.9. The molecule has 4 nitrogen and oxygen atoms in total. The van der Waals surface area contributed by atoms with Gasteiger partial charge in [-0.25, -0.2) is 8.91 Å². The Morgan fingerprint density at radius 2 is 2.07 bits per heavy atom. The SMILES string of the molecule is COC(=O)[P+](=O)Oc1ccccc1F. The molecule has 0 N–H and O–H groups in total. The summed E-state index contributed by atoms with van der Waals surface area (Å²) in [4.78, 5) is 10.7. The van der Waals surface area contributed by atoms with Crippen molar-refractivity contribution in [1.29, 1.82) is 0 Å². The van der Waals surface area contributed by atoms with Gasteiger partial charge in [0.25, 0.3) is 0 Å². The molecule has 14 heavy (non-hydrogen) atoms. The summed E-state index contributed by atoms with van der Waals surface area (Å²) in [7, 11) is -1.62. The molecule has 0 fully saturated rings. The van der Waals surface area contributed by atoms with Gasteiger partial charge in [-0.05, 0) is 16.7 Å². The summed E-state index contributed by atoms with van der Waals surface area (Å²) in [6.45, 7) is 0. The van der Waals surface area contributed by atoms with E-state index < -0.39 is 19.6 Å². The predicted octanol–water partition coefficient (Wildman–Crippen LogP) is 2.71. The molecule has 74 valence electrons. The second-order valence-electron chi connectivity index (χ2n) is 2.25. The van der Waals surface area contributed by atoms with Crippen LogP contribution in [-0.4, -0.2) is 12.8 Å². The summed E-state index contributed by atoms with van der Waals surface area (Å²) in [6, 6.07) is 5.35. The van der Waals surface area contributed by atoms with E-state index in [0.717, 1.165) is 13.2 Å². The average molecular weight is 217 g/mol. The summed E-state index contributed by atoms with van der Waals surface area (Å²) < 4.78 is 32.6. The lowest BCUT2D eigenvalue weighted by Gasteiger charge is -1.93. The molecule has 0 aliphatic rings. The second-order valence-corrected chi connectivity index (χ2v) is 3.31. The third kappa shape index (κ3) is 2.50. The zero-order valence-corrected chi connectivity index (χ0v) is 8.16. The van der Waals surface area contributed by atoms with E-state index in [9.17, 15) is 13.8 Å². The Balaban J connectivity index is 2.75. The molecule has 0 spiro atoms. The van der Waals surface area contributed by atoms with Gasteiger partial charge >= 0.3 is 13.7 Å². The Morgan fingerprint density at radius 1 is 1.43 bits per heavy atom. The Hall–Kier alpha value is -1.48. The molecule has 0 saturated carbocycles. The first-order valence-electron chi connectivity index (χ1n) is 3.63. The zero-order chi connectivity index (χ0) is 10.6. The van der Waals surface area contributed by atoms with Crippen molar-refractivity contribution in [1.82, 2.24) is 0 Å². The van der Waals surface area contributed by atoms with E-state index in [2.05, 4.69) is 9.26 Å². The monoisotopic (exact) mass is 217 g/mol. The first kappa shape index (κ1) is 10.6. The molecule has 0 aliphatic heterocycles. The van der Waals surface area contributed by atoms with Crippen LogP contribution < -0.4 is 4.52 Å². The third-order valence-electron chi connectivity index (χ3n) is 1.34. The summed E-state index contributed by atoms with van der Waals surface area (Å²) in [5, 5.41) is 0. The summed E-state index contributed by atoms with van der Waals surface area (Å²) in [5.41, 5.74) is -1.02. The van der Waals surface area contributed by atoms with Crippen LogP contribution in [0.4, 0.5) is 9.18 Å². The third-order valence-corrected chi connectivity index (χ3v) is 2.18. The van der Waals surface area contributed by atoms with Gasteiger partial charge in [0.2, 0.25) is 5.75 Å². The number of ether oxygens (including phenoxy) is 1. The van der Waals surface area contributed by atoms with Gasteiger partial charge in [0.15, 0.2) is 5.82 Å². The number of carbonyl (C=O) groups is 1. The number of para-hydroxylation sites is 1. The maximum atomic E-state index is 12.9. The number of halogens is 1. The Labute approximate surface area is 80.5 Å². The Morgan fingerprint density at radius 3 is 2.64 bits per heavy atom. The first-order chi connectivity index (χ1) is 6.65. The lowest BCUT2D eigenvalue weighted by Crippen LogP contribution is -1.96. The van der Waals surface area contributed by atoms with Crippen LogP contribution in [0.25, 0.3) is 0 Å². The van der Waals surface area contributed by atoms with E-state index >= 15 is 0 Å². The molecule has 0 saturated heterocycles. The van der Waals surface area contributed by atoms with Crippen molar-refractivity contribution in [3.05, 3.63) is 30.1 Å². The van der Waals surface area contributed by atoms with E-state index in [-0.39, 0.29) is 5.75 Å². The normalized spacial score (nSPS) is 10.6. The van der Waals surface area contributed by atoms with Gasteiger partial charge in [0, 0.05) is 0 Å². The van der Waals surface area contributed by atoms with Crippen LogP contribution in [0.1, 0.15) is 0 Å². The van der Waals surface area contributed by atoms with E-state index in [4.69, 9.17) is 0 Å². The van der Waals surface area contributed by atoms with Crippen LogP contribution in [0, 0.1) is 5.82 Å². The van der Waals surface area contributed by atoms with Crippen LogP contribution in [0.3, 0.4) is 0 Å². The predicted molar refractivity (Wildman–Crippen MR) is 47.0 cm³/mol. The number of rotatable bonds is 3. The molecule has 0 aromatic heterocycles. The van der Waals surface area contributed by atoms with Crippen LogP contribution in [0.5, 0.6) is 5.75 Å². The second kappa shape index (κ2) is 4.67. The fourth-order valence-corrected chi connectivity index (χ4v) is 1.27. The lowest BCUT2D eigenvalue weighted by atomic mass is 10.3. The topological polar surface area (TPSA) is 52.6 Å². The van der Waals surface area contributed by atoms with Crippen molar-refractivity contribution >= 4 is 13.7 Å². The van der Waals surface area contributed by atoms with Crippen molar-refractivity contribution in [2.75, 3.05) is 7.11 Å². The van der Waals surface area contributed by atoms with Gasteiger partial charge in [-0.15, -0.1) is 0 Å². The van der Waals surface area contributed by atoms with Gasteiger partial charge < -0.3 is 4.74 Å². The molecule has 0 heterocycles. The molecular formula is C8H7FO4P+. The van der Waals surface area contributed by atoms with Crippen LogP contribution in [0.15, 0.2) is 24.3 Å². The fourth-order valence-electron chi connectivity index (χ4n) is 0.720. The molecule has 1 aromatic carbocycles. The standard InChI is InChI=1S/C8H7FO4P/c1-12-8(10)14(11)13-7-5-3-2-4-6(7)9/h2-5H,1H3/q+1. The highest BCUT2D eigenvalue weighted by atomic mass is 31.1. The molecule has 0 radical (unpaired) electrons. The highest BCUT2D eigenvalue weighted by Gasteiger charge is 2.35. The van der Waals surface area contributed by atoms with E-state index in [1.165, 1.54) is 18.2 Å². The molecule has 1 unspecified atom stereocenters. The minimum absolute atomic E-state index is 0.237. The minimum Gasteiger partial charge on any atom is -0.428 e. The molecule has 0 aliphatic carbocycles. The van der Waals surface area contributed by atoms with Gasteiger partial charge in [-0.2, -0.15) is 4.79 Å². The summed E-state index contributed by atoms with van der Waals surface area (Å²) in [6.07, 6.45) is 0. The van der Waals surface area contributed by atoms with E-state index in [1.807, 2.05) is 0 Å². The number of methoxy groups -OCH3 is 1. The van der Waals surface area contributed by atoms with Crippen molar-refractivity contribution in [3.63, 3.8) is 0 Å². The van der Waals surface area contributed by atoms with Crippen molar-refractivity contribution < 1.29 is 23.0 Å². The first-order valence-corrected chi connectivity index (χ1v) is 4.80.